The number of aromatic nitrogens is 2. The Morgan fingerprint density at radius 3 is 2.88 bits per heavy atom. The van der Waals surface area contributed by atoms with Crippen molar-refractivity contribution in [2.24, 2.45) is 0 Å². The first-order valence-corrected chi connectivity index (χ1v) is 6.31. The summed E-state index contributed by atoms with van der Waals surface area (Å²) in [7, 11) is 1.86. The van der Waals surface area contributed by atoms with Gasteiger partial charge in [-0.15, -0.1) is 0 Å². The Balaban J connectivity index is 1.74. The molecule has 2 heterocycles. The molecule has 0 N–H and O–H groups in total. The molecule has 1 saturated heterocycles. The molecule has 2 aliphatic rings. The molecule has 4 nitrogen and oxygen atoms in total. The van der Waals surface area contributed by atoms with Crippen molar-refractivity contribution in [3.05, 3.63) is 5.82 Å². The van der Waals surface area contributed by atoms with Gasteiger partial charge in [-0.2, -0.15) is 4.37 Å². The number of nitrogens with zero attached hydrogens (tertiary/aromatic N) is 3. The minimum atomic E-state index is -0.918. The van der Waals surface area contributed by atoms with Crippen molar-refractivity contribution < 1.29 is 9.13 Å². The van der Waals surface area contributed by atoms with Gasteiger partial charge >= 0.3 is 0 Å². The van der Waals surface area contributed by atoms with Gasteiger partial charge in [0.2, 0.25) is 5.13 Å². The minimum absolute atomic E-state index is 0.198. The summed E-state index contributed by atoms with van der Waals surface area (Å²) < 4.78 is 22.9. The van der Waals surface area contributed by atoms with E-state index in [9.17, 15) is 4.39 Å². The van der Waals surface area contributed by atoms with E-state index in [1.54, 1.807) is 0 Å². The van der Waals surface area contributed by atoms with E-state index in [4.69, 9.17) is 4.74 Å². The van der Waals surface area contributed by atoms with Gasteiger partial charge in [0.05, 0.1) is 19.3 Å². The van der Waals surface area contributed by atoms with Crippen LogP contribution in [0.15, 0.2) is 0 Å². The molecular formula is C10H14FN3OS. The number of halogens is 1. The lowest BCUT2D eigenvalue weighted by Crippen LogP contribution is -2.38. The molecule has 88 valence electrons. The van der Waals surface area contributed by atoms with Gasteiger partial charge < -0.3 is 9.64 Å². The number of alkyl halides is 1. The minimum Gasteiger partial charge on any atom is -0.376 e. The van der Waals surface area contributed by atoms with Crippen LogP contribution in [-0.4, -0.2) is 41.8 Å². The van der Waals surface area contributed by atoms with E-state index in [0.29, 0.717) is 12.5 Å². The molecule has 16 heavy (non-hydrogen) atoms. The van der Waals surface area contributed by atoms with Crippen molar-refractivity contribution in [3.63, 3.8) is 0 Å². The largest absolute Gasteiger partial charge is 0.376 e. The first-order valence-electron chi connectivity index (χ1n) is 5.54. The molecule has 1 aliphatic carbocycles. The molecule has 6 heteroatoms. The average molecular weight is 243 g/mol. The zero-order valence-corrected chi connectivity index (χ0v) is 9.91. The van der Waals surface area contributed by atoms with Crippen molar-refractivity contribution in [2.75, 3.05) is 25.2 Å². The van der Waals surface area contributed by atoms with Crippen LogP contribution in [-0.2, 0) is 4.74 Å². The van der Waals surface area contributed by atoms with Crippen LogP contribution in [0.25, 0.3) is 0 Å². The van der Waals surface area contributed by atoms with Crippen LogP contribution in [0.3, 0.4) is 0 Å². The first kappa shape index (κ1) is 10.4. The van der Waals surface area contributed by atoms with Crippen LogP contribution in [0, 0.1) is 0 Å². The molecule has 0 radical (unpaired) electrons. The highest BCUT2D eigenvalue weighted by molar-refractivity contribution is 7.09. The Kier molecular flexibility index (Phi) is 2.55. The van der Waals surface area contributed by atoms with E-state index >= 15 is 0 Å². The van der Waals surface area contributed by atoms with Gasteiger partial charge in [-0.25, -0.2) is 9.37 Å². The maximum absolute atomic E-state index is 13.5. The molecule has 3 rings (SSSR count). The molecule has 1 aliphatic heterocycles. The number of ether oxygens (including phenoxy) is 1. The lowest BCUT2D eigenvalue weighted by atomic mass is 10.2. The summed E-state index contributed by atoms with van der Waals surface area (Å²) in [5.74, 6) is 1.49. The summed E-state index contributed by atoms with van der Waals surface area (Å²) in [5, 5.41) is 0.806. The average Bonchev–Trinajstić information content (AvgIpc) is 2.86. The monoisotopic (exact) mass is 243 g/mol. The van der Waals surface area contributed by atoms with Gasteiger partial charge in [0.25, 0.3) is 0 Å². The van der Waals surface area contributed by atoms with Crippen molar-refractivity contribution >= 4 is 16.7 Å². The van der Waals surface area contributed by atoms with Gasteiger partial charge in [0.1, 0.15) is 12.0 Å². The predicted molar refractivity (Wildman–Crippen MR) is 59.8 cm³/mol. The van der Waals surface area contributed by atoms with Crippen LogP contribution in [0.2, 0.25) is 0 Å². The van der Waals surface area contributed by atoms with Crippen molar-refractivity contribution in [1.82, 2.24) is 9.36 Å². The van der Waals surface area contributed by atoms with Crippen LogP contribution in [0.5, 0.6) is 0 Å². The SMILES string of the molecule is CN(c1nc(C2CC2)ns1)[C@@H]1COC[C@H]1F. The summed E-state index contributed by atoms with van der Waals surface area (Å²) in [6, 6.07) is -0.208. The zero-order chi connectivity index (χ0) is 11.1. The molecular weight excluding hydrogens is 229 g/mol. The predicted octanol–water partition coefficient (Wildman–Crippen LogP) is 1.59. The van der Waals surface area contributed by atoms with Crippen molar-refractivity contribution in [2.45, 2.75) is 31.0 Å². The molecule has 0 bridgehead atoms. The maximum Gasteiger partial charge on any atom is 0.205 e. The Hall–Kier alpha value is -0.750. The highest BCUT2D eigenvalue weighted by Crippen LogP contribution is 2.39. The van der Waals surface area contributed by atoms with E-state index in [2.05, 4.69) is 9.36 Å². The smallest absolute Gasteiger partial charge is 0.205 e. The molecule has 0 amide bonds. The molecule has 1 aromatic rings. The zero-order valence-electron chi connectivity index (χ0n) is 9.10. The van der Waals surface area contributed by atoms with Gasteiger partial charge in [-0.05, 0) is 12.8 Å². The number of anilines is 1. The summed E-state index contributed by atoms with van der Waals surface area (Å²) in [6.07, 6.45) is 1.47. The quantitative estimate of drug-likeness (QED) is 0.808. The third-order valence-corrected chi connectivity index (χ3v) is 3.98. The summed E-state index contributed by atoms with van der Waals surface area (Å²) in [5.41, 5.74) is 0. The second kappa shape index (κ2) is 3.92. The fourth-order valence-electron chi connectivity index (χ4n) is 1.89. The second-order valence-electron chi connectivity index (χ2n) is 4.44. The highest BCUT2D eigenvalue weighted by Gasteiger charge is 2.34. The Bertz CT molecular complexity index is 382. The number of likely N-dealkylation sites (N-methyl/N-ethyl adjacent to an activating group) is 1. The molecule has 1 saturated carbocycles. The van der Waals surface area contributed by atoms with Gasteiger partial charge in [0.15, 0.2) is 0 Å². The van der Waals surface area contributed by atoms with Crippen molar-refractivity contribution in [1.29, 1.82) is 0 Å². The fraction of sp³-hybridized carbons (Fsp3) is 0.800. The van der Waals surface area contributed by atoms with Crippen LogP contribution in [0.4, 0.5) is 9.52 Å². The Labute approximate surface area is 97.6 Å². The van der Waals surface area contributed by atoms with Crippen LogP contribution < -0.4 is 4.90 Å². The van der Waals surface area contributed by atoms with E-state index < -0.39 is 6.17 Å². The lowest BCUT2D eigenvalue weighted by molar-refractivity contribution is 0.173. The number of rotatable bonds is 3. The van der Waals surface area contributed by atoms with E-state index in [-0.39, 0.29) is 12.6 Å². The van der Waals surface area contributed by atoms with Crippen LogP contribution >= 0.6 is 11.5 Å². The highest BCUT2D eigenvalue weighted by atomic mass is 32.1. The van der Waals surface area contributed by atoms with Crippen LogP contribution in [0.1, 0.15) is 24.6 Å². The third-order valence-electron chi connectivity index (χ3n) is 3.16. The topological polar surface area (TPSA) is 38.2 Å². The molecule has 0 spiro atoms. The molecule has 2 atom stereocenters. The van der Waals surface area contributed by atoms with E-state index in [0.717, 1.165) is 11.0 Å². The van der Waals surface area contributed by atoms with Gasteiger partial charge in [-0.1, -0.05) is 0 Å². The Morgan fingerprint density at radius 1 is 1.44 bits per heavy atom. The normalized spacial score (nSPS) is 29.6. The van der Waals surface area contributed by atoms with E-state index in [1.165, 1.54) is 24.4 Å². The number of hydrogen-bond donors (Lipinski definition) is 0. The molecule has 1 aromatic heterocycles. The summed E-state index contributed by atoms with van der Waals surface area (Å²) in [6.45, 7) is 0.638. The Morgan fingerprint density at radius 2 is 2.25 bits per heavy atom. The standard InChI is InChI=1S/C10H14FN3OS/c1-14(8-5-15-4-7(8)11)10-12-9(13-16-10)6-2-3-6/h6-8H,2-5H2,1H3/t7-,8-/m1/s1. The summed E-state index contributed by atoms with van der Waals surface area (Å²) >= 11 is 1.36. The molecule has 0 unspecified atom stereocenters. The summed E-state index contributed by atoms with van der Waals surface area (Å²) in [4.78, 5) is 6.32. The van der Waals surface area contributed by atoms with Gasteiger partial charge in [0, 0.05) is 24.5 Å². The second-order valence-corrected chi connectivity index (χ2v) is 5.17. The lowest BCUT2D eigenvalue weighted by Gasteiger charge is -2.23. The van der Waals surface area contributed by atoms with E-state index in [1.807, 2.05) is 11.9 Å². The van der Waals surface area contributed by atoms with Gasteiger partial charge in [-0.3, -0.25) is 0 Å². The first-order chi connectivity index (χ1) is 7.75. The van der Waals surface area contributed by atoms with Crippen molar-refractivity contribution in [3.8, 4) is 0 Å². The fourth-order valence-corrected chi connectivity index (χ4v) is 2.65. The number of hydrogen-bond acceptors (Lipinski definition) is 5. The molecule has 0 aromatic carbocycles. The molecule has 2 fully saturated rings. The third kappa shape index (κ3) is 1.80. The maximum atomic E-state index is 13.5.